The minimum Gasteiger partial charge on any atom is -0.313 e. The van der Waals surface area contributed by atoms with Crippen LogP contribution < -0.4 is 5.32 Å². The summed E-state index contributed by atoms with van der Waals surface area (Å²) in [5.74, 6) is 1.13. The Bertz CT molecular complexity index is 515. The van der Waals surface area contributed by atoms with E-state index in [2.05, 4.69) is 54.4 Å². The zero-order chi connectivity index (χ0) is 13.7. The second kappa shape index (κ2) is 6.96. The predicted molar refractivity (Wildman–Crippen MR) is 85.0 cm³/mol. The molecule has 1 aromatic carbocycles. The van der Waals surface area contributed by atoms with Gasteiger partial charge in [-0.3, -0.25) is 4.68 Å². The molecule has 0 amide bonds. The third-order valence-electron chi connectivity index (χ3n) is 3.33. The molecule has 104 valence electrons. The first-order chi connectivity index (χ1) is 9.30. The van der Waals surface area contributed by atoms with Crippen molar-refractivity contribution in [3.63, 3.8) is 0 Å². The summed E-state index contributed by atoms with van der Waals surface area (Å²) in [5.41, 5.74) is 2.47. The Morgan fingerprint density at radius 1 is 1.32 bits per heavy atom. The van der Waals surface area contributed by atoms with E-state index in [4.69, 9.17) is 5.10 Å². The summed E-state index contributed by atoms with van der Waals surface area (Å²) in [7, 11) is 0. The highest BCUT2D eigenvalue weighted by Gasteiger charge is 2.14. The Labute approximate surface area is 119 Å². The van der Waals surface area contributed by atoms with Crippen molar-refractivity contribution < 1.29 is 0 Å². The van der Waals surface area contributed by atoms with Gasteiger partial charge < -0.3 is 5.32 Å². The van der Waals surface area contributed by atoms with Crippen molar-refractivity contribution in [1.82, 2.24) is 15.1 Å². The van der Waals surface area contributed by atoms with E-state index >= 15 is 0 Å². The van der Waals surface area contributed by atoms with Crippen LogP contribution >= 0.6 is 11.8 Å². The number of fused-ring (bicyclic) bond motifs is 1. The Kier molecular flexibility index (Phi) is 5.28. The fourth-order valence-corrected chi connectivity index (χ4v) is 3.14. The smallest absolute Gasteiger partial charge is 0.0719 e. The highest BCUT2D eigenvalue weighted by molar-refractivity contribution is 7.98. The number of hydrogen-bond donors (Lipinski definition) is 1. The van der Waals surface area contributed by atoms with Crippen LogP contribution in [0.3, 0.4) is 0 Å². The topological polar surface area (TPSA) is 29.9 Å². The van der Waals surface area contributed by atoms with Crippen LogP contribution in [0.1, 0.15) is 19.5 Å². The van der Waals surface area contributed by atoms with Gasteiger partial charge in [-0.1, -0.05) is 25.1 Å². The number of likely N-dealkylation sites (N-methyl/N-ethyl adjacent to an activating group) is 1. The summed E-state index contributed by atoms with van der Waals surface area (Å²) in [5, 5.41) is 9.63. The molecule has 0 fully saturated rings. The van der Waals surface area contributed by atoms with Crippen molar-refractivity contribution in [2.24, 2.45) is 0 Å². The number of aromatic nitrogens is 2. The molecule has 0 saturated heterocycles. The summed E-state index contributed by atoms with van der Waals surface area (Å²) in [6.45, 7) is 6.25. The van der Waals surface area contributed by atoms with E-state index in [1.807, 2.05) is 11.8 Å². The van der Waals surface area contributed by atoms with Gasteiger partial charge in [-0.2, -0.15) is 16.9 Å². The van der Waals surface area contributed by atoms with Gasteiger partial charge >= 0.3 is 0 Å². The lowest BCUT2D eigenvalue weighted by molar-refractivity contribution is 0.559. The molecule has 0 radical (unpaired) electrons. The third-order valence-corrected chi connectivity index (χ3v) is 4.07. The molecule has 0 spiro atoms. The fourth-order valence-electron chi connectivity index (χ4n) is 2.50. The molecule has 0 saturated carbocycles. The van der Waals surface area contributed by atoms with Crippen LogP contribution in [0.5, 0.6) is 0 Å². The van der Waals surface area contributed by atoms with Gasteiger partial charge in [0.1, 0.15) is 0 Å². The van der Waals surface area contributed by atoms with Crippen LogP contribution in [0, 0.1) is 0 Å². The van der Waals surface area contributed by atoms with E-state index < -0.39 is 0 Å². The van der Waals surface area contributed by atoms with Crippen molar-refractivity contribution in [3.8, 4) is 0 Å². The van der Waals surface area contributed by atoms with Crippen LogP contribution in [0.15, 0.2) is 24.3 Å². The first kappa shape index (κ1) is 14.4. The lowest BCUT2D eigenvalue weighted by atomic mass is 10.1. The molecular formula is C15H23N3S. The van der Waals surface area contributed by atoms with Crippen molar-refractivity contribution in [2.75, 3.05) is 18.6 Å². The normalized spacial score (nSPS) is 13.0. The molecule has 1 unspecified atom stereocenters. The van der Waals surface area contributed by atoms with Crippen molar-refractivity contribution in [1.29, 1.82) is 0 Å². The Morgan fingerprint density at radius 2 is 2.11 bits per heavy atom. The lowest BCUT2D eigenvalue weighted by Gasteiger charge is -2.15. The summed E-state index contributed by atoms with van der Waals surface area (Å²) in [6, 6.07) is 9.04. The summed E-state index contributed by atoms with van der Waals surface area (Å²) < 4.78 is 2.10. The highest BCUT2D eigenvalue weighted by Crippen LogP contribution is 2.20. The maximum absolute atomic E-state index is 4.78. The molecular weight excluding hydrogens is 254 g/mol. The SMILES string of the molecule is CCNC(CSC)Cc1nn(CC)c2ccccc12. The van der Waals surface area contributed by atoms with Gasteiger partial charge in [0.05, 0.1) is 11.2 Å². The Balaban J connectivity index is 2.28. The van der Waals surface area contributed by atoms with Gasteiger partial charge in [0.15, 0.2) is 0 Å². The first-order valence-corrected chi connectivity index (χ1v) is 8.36. The molecule has 3 nitrogen and oxygen atoms in total. The molecule has 1 heterocycles. The number of nitrogens with one attached hydrogen (secondary N) is 1. The van der Waals surface area contributed by atoms with E-state index in [-0.39, 0.29) is 0 Å². The molecule has 1 N–H and O–H groups in total. The average Bonchev–Trinajstić information content (AvgIpc) is 2.78. The first-order valence-electron chi connectivity index (χ1n) is 6.96. The second-order valence-corrected chi connectivity index (χ2v) is 5.60. The number of nitrogens with zero attached hydrogens (tertiary/aromatic N) is 2. The van der Waals surface area contributed by atoms with Crippen LogP contribution in [0.2, 0.25) is 0 Å². The highest BCUT2D eigenvalue weighted by atomic mass is 32.2. The van der Waals surface area contributed by atoms with E-state index in [9.17, 15) is 0 Å². The number of aryl methyl sites for hydroxylation is 1. The third kappa shape index (κ3) is 3.31. The standard InChI is InChI=1S/C15H23N3S/c1-4-16-12(11-19-3)10-14-13-8-6-7-9-15(13)18(5-2)17-14/h6-9,12,16H,4-5,10-11H2,1-3H3. The van der Waals surface area contributed by atoms with Gasteiger partial charge in [0.25, 0.3) is 0 Å². The largest absolute Gasteiger partial charge is 0.313 e. The molecule has 1 aromatic heterocycles. The molecule has 1 atom stereocenters. The minimum absolute atomic E-state index is 0.503. The number of thioether (sulfide) groups is 1. The van der Waals surface area contributed by atoms with Crippen LogP contribution in [0.25, 0.3) is 10.9 Å². The quantitative estimate of drug-likeness (QED) is 0.844. The van der Waals surface area contributed by atoms with E-state index in [1.54, 1.807) is 0 Å². The summed E-state index contributed by atoms with van der Waals surface area (Å²) in [4.78, 5) is 0. The zero-order valence-corrected chi connectivity index (χ0v) is 12.8. The van der Waals surface area contributed by atoms with Gasteiger partial charge in [0, 0.05) is 30.1 Å². The lowest BCUT2D eigenvalue weighted by Crippen LogP contribution is -2.33. The molecule has 0 aliphatic heterocycles. The molecule has 0 aliphatic rings. The van der Waals surface area contributed by atoms with Crippen LogP contribution in [-0.4, -0.2) is 34.4 Å². The van der Waals surface area contributed by atoms with Crippen molar-refractivity contribution >= 4 is 22.7 Å². The van der Waals surface area contributed by atoms with Crippen LogP contribution in [0.4, 0.5) is 0 Å². The van der Waals surface area contributed by atoms with Gasteiger partial charge in [-0.05, 0) is 25.8 Å². The number of benzene rings is 1. The van der Waals surface area contributed by atoms with E-state index in [0.717, 1.165) is 25.3 Å². The van der Waals surface area contributed by atoms with Gasteiger partial charge in [0.2, 0.25) is 0 Å². The monoisotopic (exact) mass is 277 g/mol. The Morgan fingerprint density at radius 3 is 2.79 bits per heavy atom. The van der Waals surface area contributed by atoms with Gasteiger partial charge in [-0.25, -0.2) is 0 Å². The zero-order valence-electron chi connectivity index (χ0n) is 12.0. The Hall–Kier alpha value is -1.00. The average molecular weight is 277 g/mol. The second-order valence-electron chi connectivity index (χ2n) is 4.69. The van der Waals surface area contributed by atoms with E-state index in [1.165, 1.54) is 16.6 Å². The number of para-hydroxylation sites is 1. The molecule has 2 aromatic rings. The fraction of sp³-hybridized carbons (Fsp3) is 0.533. The van der Waals surface area contributed by atoms with Crippen molar-refractivity contribution in [3.05, 3.63) is 30.0 Å². The van der Waals surface area contributed by atoms with Gasteiger partial charge in [-0.15, -0.1) is 0 Å². The molecule has 4 heteroatoms. The molecule has 19 heavy (non-hydrogen) atoms. The van der Waals surface area contributed by atoms with Crippen LogP contribution in [-0.2, 0) is 13.0 Å². The minimum atomic E-state index is 0.503. The summed E-state index contributed by atoms with van der Waals surface area (Å²) in [6.07, 6.45) is 3.16. The van der Waals surface area contributed by atoms with E-state index in [0.29, 0.717) is 6.04 Å². The predicted octanol–water partition coefficient (Wildman–Crippen LogP) is 2.94. The summed E-state index contributed by atoms with van der Waals surface area (Å²) >= 11 is 1.89. The molecule has 0 aliphatic carbocycles. The maximum atomic E-state index is 4.78. The maximum Gasteiger partial charge on any atom is 0.0719 e. The number of hydrogen-bond acceptors (Lipinski definition) is 3. The van der Waals surface area contributed by atoms with Crippen molar-refractivity contribution in [2.45, 2.75) is 32.9 Å². The number of rotatable bonds is 7. The molecule has 2 rings (SSSR count). The molecule has 0 bridgehead atoms.